The van der Waals surface area contributed by atoms with Crippen LogP contribution in [0.2, 0.25) is 0 Å². The second kappa shape index (κ2) is 5.29. The maximum Gasteiger partial charge on any atom is 0.129 e. The smallest absolute Gasteiger partial charge is 0.129 e. The van der Waals surface area contributed by atoms with Gasteiger partial charge in [-0.2, -0.15) is 0 Å². The van der Waals surface area contributed by atoms with Gasteiger partial charge in [0, 0.05) is 18.2 Å². The van der Waals surface area contributed by atoms with E-state index in [4.69, 9.17) is 9.84 Å². The van der Waals surface area contributed by atoms with E-state index in [1.54, 1.807) is 25.3 Å². The first-order chi connectivity index (χ1) is 6.77. The fourth-order valence-corrected chi connectivity index (χ4v) is 1.12. The second-order valence-corrected chi connectivity index (χ2v) is 2.84. The first-order valence-electron chi connectivity index (χ1n) is 4.42. The monoisotopic (exact) mass is 194 g/mol. The summed E-state index contributed by atoms with van der Waals surface area (Å²) in [5, 5.41) is 17.8. The Labute approximate surface area is 83.3 Å². The van der Waals surface area contributed by atoms with E-state index in [1.807, 2.05) is 12.2 Å². The minimum Gasteiger partial charge on any atom is -0.508 e. The molecule has 0 aromatic heterocycles. The molecule has 0 aliphatic carbocycles. The lowest BCUT2D eigenvalue weighted by atomic mass is 10.1. The number of hydrogen-bond donors (Lipinski definition) is 2. The molecule has 14 heavy (non-hydrogen) atoms. The summed E-state index contributed by atoms with van der Waals surface area (Å²) in [6.07, 6.45) is 4.33. The van der Waals surface area contributed by atoms with Crippen molar-refractivity contribution < 1.29 is 14.9 Å². The predicted octanol–water partition coefficient (Wildman–Crippen LogP) is 1.80. The SMILES string of the molecule is COc1cc(O)ccc1C=CCCO. The van der Waals surface area contributed by atoms with Crippen molar-refractivity contribution in [3.05, 3.63) is 29.8 Å². The molecule has 0 saturated heterocycles. The lowest BCUT2D eigenvalue weighted by molar-refractivity contribution is 0.303. The minimum atomic E-state index is 0.136. The molecule has 76 valence electrons. The topological polar surface area (TPSA) is 49.7 Å². The molecular formula is C11H14O3. The largest absolute Gasteiger partial charge is 0.508 e. The number of methoxy groups -OCH3 is 1. The Morgan fingerprint density at radius 3 is 2.86 bits per heavy atom. The van der Waals surface area contributed by atoms with Gasteiger partial charge in [0.05, 0.1) is 7.11 Å². The van der Waals surface area contributed by atoms with Crippen LogP contribution in [-0.4, -0.2) is 23.9 Å². The molecule has 2 N–H and O–H groups in total. The number of rotatable bonds is 4. The van der Waals surface area contributed by atoms with Gasteiger partial charge in [0.25, 0.3) is 0 Å². The van der Waals surface area contributed by atoms with Gasteiger partial charge >= 0.3 is 0 Å². The summed E-state index contributed by atoms with van der Waals surface area (Å²) >= 11 is 0. The third-order valence-electron chi connectivity index (χ3n) is 1.81. The van der Waals surface area contributed by atoms with Crippen LogP contribution in [0.1, 0.15) is 12.0 Å². The zero-order valence-electron chi connectivity index (χ0n) is 8.10. The molecule has 0 spiro atoms. The van der Waals surface area contributed by atoms with Crippen molar-refractivity contribution in [2.75, 3.05) is 13.7 Å². The van der Waals surface area contributed by atoms with Crippen LogP contribution in [0.25, 0.3) is 6.08 Å². The zero-order valence-corrected chi connectivity index (χ0v) is 8.10. The van der Waals surface area contributed by atoms with Gasteiger partial charge in [-0.05, 0) is 18.6 Å². The standard InChI is InChI=1S/C11H14O3/c1-14-11-8-10(13)6-5-9(11)4-2-3-7-12/h2,4-6,8,12-13H,3,7H2,1H3. The number of benzene rings is 1. The van der Waals surface area contributed by atoms with Gasteiger partial charge in [-0.15, -0.1) is 0 Å². The number of phenolic OH excluding ortho intramolecular Hbond substituents is 1. The van der Waals surface area contributed by atoms with E-state index < -0.39 is 0 Å². The van der Waals surface area contributed by atoms with Gasteiger partial charge in [-0.25, -0.2) is 0 Å². The third kappa shape index (κ3) is 2.78. The summed E-state index contributed by atoms with van der Waals surface area (Å²) in [7, 11) is 1.55. The Kier molecular flexibility index (Phi) is 4.01. The molecular weight excluding hydrogens is 180 g/mol. The zero-order chi connectivity index (χ0) is 10.4. The Morgan fingerprint density at radius 2 is 2.21 bits per heavy atom. The van der Waals surface area contributed by atoms with E-state index in [0.29, 0.717) is 12.2 Å². The summed E-state index contributed by atoms with van der Waals surface area (Å²) in [6, 6.07) is 4.92. The maximum atomic E-state index is 9.20. The molecule has 0 bridgehead atoms. The van der Waals surface area contributed by atoms with Crippen LogP contribution in [0, 0.1) is 0 Å². The summed E-state index contributed by atoms with van der Waals surface area (Å²) in [5.74, 6) is 0.806. The summed E-state index contributed by atoms with van der Waals surface area (Å²) in [4.78, 5) is 0. The molecule has 0 heterocycles. The summed E-state index contributed by atoms with van der Waals surface area (Å²) in [5.41, 5.74) is 0.888. The molecule has 0 saturated carbocycles. The van der Waals surface area contributed by atoms with Gasteiger partial charge in [0.2, 0.25) is 0 Å². The summed E-state index contributed by atoms with van der Waals surface area (Å²) < 4.78 is 5.08. The highest BCUT2D eigenvalue weighted by molar-refractivity contribution is 5.58. The minimum absolute atomic E-state index is 0.136. The molecule has 0 amide bonds. The number of hydrogen-bond acceptors (Lipinski definition) is 3. The predicted molar refractivity (Wildman–Crippen MR) is 55.4 cm³/mol. The molecule has 0 atom stereocenters. The number of aliphatic hydroxyl groups is 1. The first-order valence-corrected chi connectivity index (χ1v) is 4.42. The van der Waals surface area contributed by atoms with Crippen molar-refractivity contribution >= 4 is 6.08 Å². The number of ether oxygens (including phenoxy) is 1. The van der Waals surface area contributed by atoms with Gasteiger partial charge in [-0.1, -0.05) is 12.2 Å². The fraction of sp³-hybridized carbons (Fsp3) is 0.273. The molecule has 0 aliphatic heterocycles. The highest BCUT2D eigenvalue weighted by Gasteiger charge is 1.99. The Bertz CT molecular complexity index is 318. The van der Waals surface area contributed by atoms with E-state index in [0.717, 1.165) is 5.56 Å². The molecule has 0 unspecified atom stereocenters. The number of phenols is 1. The molecule has 1 aromatic rings. The first kappa shape index (κ1) is 10.6. The molecule has 3 heteroatoms. The third-order valence-corrected chi connectivity index (χ3v) is 1.81. The van der Waals surface area contributed by atoms with Crippen molar-refractivity contribution in [2.45, 2.75) is 6.42 Å². The van der Waals surface area contributed by atoms with E-state index in [-0.39, 0.29) is 12.4 Å². The van der Waals surface area contributed by atoms with Crippen molar-refractivity contribution in [1.29, 1.82) is 0 Å². The Morgan fingerprint density at radius 1 is 1.43 bits per heavy atom. The van der Waals surface area contributed by atoms with Crippen molar-refractivity contribution in [2.24, 2.45) is 0 Å². The second-order valence-electron chi connectivity index (χ2n) is 2.84. The highest BCUT2D eigenvalue weighted by Crippen LogP contribution is 2.24. The lowest BCUT2D eigenvalue weighted by Gasteiger charge is -2.04. The van der Waals surface area contributed by atoms with Crippen LogP contribution < -0.4 is 4.74 Å². The van der Waals surface area contributed by atoms with Crippen molar-refractivity contribution in [1.82, 2.24) is 0 Å². The van der Waals surface area contributed by atoms with E-state index in [9.17, 15) is 5.11 Å². The van der Waals surface area contributed by atoms with Crippen molar-refractivity contribution in [3.8, 4) is 11.5 Å². The lowest BCUT2D eigenvalue weighted by Crippen LogP contribution is -1.86. The van der Waals surface area contributed by atoms with Crippen LogP contribution in [-0.2, 0) is 0 Å². The average molecular weight is 194 g/mol. The van der Waals surface area contributed by atoms with Gasteiger partial charge in [0.1, 0.15) is 11.5 Å². The molecule has 1 aromatic carbocycles. The Balaban J connectivity index is 2.85. The van der Waals surface area contributed by atoms with Gasteiger partial charge in [0.15, 0.2) is 0 Å². The molecule has 0 radical (unpaired) electrons. The van der Waals surface area contributed by atoms with Crippen molar-refractivity contribution in [3.63, 3.8) is 0 Å². The van der Waals surface area contributed by atoms with Crippen LogP contribution in [0.15, 0.2) is 24.3 Å². The van der Waals surface area contributed by atoms with Crippen LogP contribution in [0.4, 0.5) is 0 Å². The van der Waals surface area contributed by atoms with Gasteiger partial charge < -0.3 is 14.9 Å². The Hall–Kier alpha value is -1.48. The molecule has 0 fully saturated rings. The van der Waals surface area contributed by atoms with E-state index in [1.165, 1.54) is 0 Å². The highest BCUT2D eigenvalue weighted by atomic mass is 16.5. The normalized spacial score (nSPS) is 10.7. The van der Waals surface area contributed by atoms with Crippen LogP contribution >= 0.6 is 0 Å². The van der Waals surface area contributed by atoms with Crippen LogP contribution in [0.3, 0.4) is 0 Å². The fourth-order valence-electron chi connectivity index (χ4n) is 1.12. The van der Waals surface area contributed by atoms with E-state index >= 15 is 0 Å². The summed E-state index contributed by atoms with van der Waals surface area (Å²) in [6.45, 7) is 0.136. The van der Waals surface area contributed by atoms with Crippen LogP contribution in [0.5, 0.6) is 11.5 Å². The average Bonchev–Trinajstić information content (AvgIpc) is 2.20. The quantitative estimate of drug-likeness (QED) is 0.768. The molecule has 3 nitrogen and oxygen atoms in total. The van der Waals surface area contributed by atoms with Gasteiger partial charge in [-0.3, -0.25) is 0 Å². The maximum absolute atomic E-state index is 9.20. The van der Waals surface area contributed by atoms with E-state index in [2.05, 4.69) is 0 Å². The number of aliphatic hydroxyl groups excluding tert-OH is 1. The molecule has 0 aliphatic rings. The molecule has 1 rings (SSSR count). The number of aromatic hydroxyl groups is 1.